The van der Waals surface area contributed by atoms with Crippen LogP contribution in [0, 0.1) is 0 Å². The second-order valence-corrected chi connectivity index (χ2v) is 15.1. The fourth-order valence-corrected chi connectivity index (χ4v) is 9.09. The van der Waals surface area contributed by atoms with Crippen LogP contribution in [0.25, 0.3) is 5.57 Å². The number of hydrogen-bond acceptors (Lipinski definition) is 10. The molecule has 3 aromatic rings. The van der Waals surface area contributed by atoms with E-state index in [1.54, 1.807) is 43.7 Å². The van der Waals surface area contributed by atoms with Crippen LogP contribution in [0.3, 0.4) is 0 Å². The zero-order valence-corrected chi connectivity index (χ0v) is 27.4. The number of piperidine rings is 1. The van der Waals surface area contributed by atoms with Crippen molar-refractivity contribution >= 4 is 39.4 Å². The highest BCUT2D eigenvalue weighted by Crippen LogP contribution is 2.41. The highest BCUT2D eigenvalue weighted by Gasteiger charge is 2.54. The number of rotatable bonds is 7. The normalized spacial score (nSPS) is 20.4. The monoisotopic (exact) mass is 695 g/mol. The molecule has 0 spiro atoms. The Labute approximate surface area is 271 Å². The van der Waals surface area contributed by atoms with E-state index in [1.165, 1.54) is 25.5 Å². The molecule has 0 aliphatic carbocycles. The second kappa shape index (κ2) is 12.1. The van der Waals surface area contributed by atoms with E-state index in [0.717, 1.165) is 10.6 Å². The number of amides is 1. The van der Waals surface area contributed by atoms with Crippen molar-refractivity contribution < 1.29 is 45.2 Å². The number of halogens is 3. The van der Waals surface area contributed by atoms with Crippen LogP contribution in [0.1, 0.15) is 61.2 Å². The number of carboxylic acid groups (broad SMARTS) is 1. The summed E-state index contributed by atoms with van der Waals surface area (Å²) in [7, 11) is -3.22. The zero-order valence-electron chi connectivity index (χ0n) is 25.8. The van der Waals surface area contributed by atoms with Crippen molar-refractivity contribution in [1.29, 1.82) is 0 Å². The van der Waals surface area contributed by atoms with Crippen molar-refractivity contribution in [2.45, 2.75) is 57.8 Å². The molecule has 1 saturated heterocycles. The number of alkyl halides is 3. The Morgan fingerprint density at radius 3 is 2.45 bits per heavy atom. The first-order valence-electron chi connectivity index (χ1n) is 14.4. The molecular weight excluding hydrogens is 663 g/mol. The minimum Gasteiger partial charge on any atom is -0.529 e. The Morgan fingerprint density at radius 1 is 1.17 bits per heavy atom. The number of ether oxygens (including phenoxy) is 1. The van der Waals surface area contributed by atoms with Gasteiger partial charge < -0.3 is 19.7 Å². The Bertz CT molecular complexity index is 2060. The van der Waals surface area contributed by atoms with E-state index in [-0.39, 0.29) is 54.1 Å². The third kappa shape index (κ3) is 6.26. The van der Waals surface area contributed by atoms with Crippen LogP contribution in [0.5, 0.6) is 11.6 Å². The van der Waals surface area contributed by atoms with Gasteiger partial charge in [-0.15, -0.1) is 0 Å². The van der Waals surface area contributed by atoms with Gasteiger partial charge in [0.15, 0.2) is 6.09 Å². The van der Waals surface area contributed by atoms with Crippen LogP contribution in [-0.4, -0.2) is 60.0 Å². The van der Waals surface area contributed by atoms with Gasteiger partial charge in [-0.1, -0.05) is 23.5 Å². The summed E-state index contributed by atoms with van der Waals surface area (Å²) < 4.78 is 76.1. The average molecular weight is 696 g/mol. The third-order valence-electron chi connectivity index (χ3n) is 8.73. The van der Waals surface area contributed by atoms with E-state index in [2.05, 4.69) is 10.2 Å². The number of nitrogens with one attached hydrogen (secondary N) is 1. The minimum absolute atomic E-state index is 0.00972. The van der Waals surface area contributed by atoms with Gasteiger partial charge in [0.2, 0.25) is 5.88 Å². The number of fused-ring (bicyclic) bond motifs is 1. The van der Waals surface area contributed by atoms with E-state index < -0.39 is 54.3 Å². The van der Waals surface area contributed by atoms with E-state index in [4.69, 9.17) is 4.74 Å². The number of benzene rings is 2. The SMILES string of the molecule is COc1ccc(CC(c2sc(=O)n(C3CC[N+](C(C)(C)C)(S(=O)(=O)NC(=O)[O-])CC3)c2O)=c2ccc3c(c2)C=NN=3)c(C(F)(F)F)c1. The van der Waals surface area contributed by atoms with Crippen LogP contribution in [0.4, 0.5) is 18.0 Å². The van der Waals surface area contributed by atoms with Gasteiger partial charge in [-0.3, -0.25) is 9.36 Å². The van der Waals surface area contributed by atoms with E-state index in [9.17, 15) is 41.4 Å². The van der Waals surface area contributed by atoms with Crippen molar-refractivity contribution in [3.05, 3.63) is 78.2 Å². The standard InChI is InChI=1S/C30H32F3N5O7S2/c1-29(2,3)38(47(43,44)36-27(40)41)11-9-20(10-12-38)37-26(39)25(46-28(37)42)22(17-6-8-24-19(13-17)16-34-35-24)14-18-5-7-21(45-4)15-23(18)30(31,32)33/h5-8,13,15-16,20,36H,9-12,14H2,1-4H3,(H-,34,35,39,40,41). The lowest BCUT2D eigenvalue weighted by atomic mass is 9.95. The number of carbonyl (C=O) groups is 1. The molecule has 2 aliphatic heterocycles. The predicted molar refractivity (Wildman–Crippen MR) is 165 cm³/mol. The first kappa shape index (κ1) is 34.1. The minimum atomic E-state index is -4.73. The van der Waals surface area contributed by atoms with Crippen molar-refractivity contribution in [3.63, 3.8) is 0 Å². The smallest absolute Gasteiger partial charge is 0.416 e. The molecule has 0 bridgehead atoms. The molecule has 1 aromatic heterocycles. The molecule has 0 atom stereocenters. The number of likely N-dealkylation sites (tertiary alicyclic amines) is 1. The maximum atomic E-state index is 14.2. The summed E-state index contributed by atoms with van der Waals surface area (Å²) in [5.74, 6) is -0.456. The number of quaternary nitrogens is 1. The number of aromatic hydroxyl groups is 1. The predicted octanol–water partition coefficient (Wildman–Crippen LogP) is 2.18. The first-order valence-corrected chi connectivity index (χ1v) is 16.7. The van der Waals surface area contributed by atoms with Crippen molar-refractivity contribution in [3.8, 4) is 11.6 Å². The van der Waals surface area contributed by atoms with Gasteiger partial charge in [-0.25, -0.2) is 4.72 Å². The summed E-state index contributed by atoms with van der Waals surface area (Å²) in [4.78, 5) is 24.2. The van der Waals surface area contributed by atoms with Gasteiger partial charge in [0.05, 0.1) is 48.3 Å². The maximum absolute atomic E-state index is 14.2. The summed E-state index contributed by atoms with van der Waals surface area (Å²) in [6, 6.07) is 7.82. The van der Waals surface area contributed by atoms with E-state index in [0.29, 0.717) is 27.5 Å². The second-order valence-electron chi connectivity index (χ2n) is 12.3. The molecule has 3 heterocycles. The van der Waals surface area contributed by atoms with Crippen LogP contribution >= 0.6 is 11.3 Å². The molecule has 1 amide bonds. The van der Waals surface area contributed by atoms with Gasteiger partial charge in [0.1, 0.15) is 11.3 Å². The third-order valence-corrected chi connectivity index (χ3v) is 12.0. The first-order chi connectivity index (χ1) is 21.9. The fraction of sp³-hybridized carbons (Fsp3) is 0.400. The Hall–Kier alpha value is -4.22. The average Bonchev–Trinajstić information content (AvgIpc) is 3.57. The summed E-state index contributed by atoms with van der Waals surface area (Å²) >= 11 is 0.666. The molecule has 5 rings (SSSR count). The largest absolute Gasteiger partial charge is 0.529 e. The topological polar surface area (TPSA) is 162 Å². The van der Waals surface area contributed by atoms with Crippen LogP contribution in [0.2, 0.25) is 0 Å². The van der Waals surface area contributed by atoms with Gasteiger partial charge >= 0.3 is 21.3 Å². The lowest BCUT2D eigenvalue weighted by Gasteiger charge is -2.49. The number of thiazole rings is 1. The Kier molecular flexibility index (Phi) is 8.78. The lowest BCUT2D eigenvalue weighted by molar-refractivity contribution is -0.862. The van der Waals surface area contributed by atoms with Crippen LogP contribution < -0.4 is 30.0 Å². The summed E-state index contributed by atoms with van der Waals surface area (Å²) in [5, 5.41) is 31.7. The number of aromatic nitrogens is 1. The number of carbonyl (C=O) groups excluding carboxylic acids is 1. The summed E-state index contributed by atoms with van der Waals surface area (Å²) in [6.45, 7) is 4.76. The summed E-state index contributed by atoms with van der Waals surface area (Å²) in [6.07, 6.45) is -5.39. The highest BCUT2D eigenvalue weighted by molar-refractivity contribution is 7.84. The highest BCUT2D eigenvalue weighted by atomic mass is 32.2. The molecule has 0 saturated carbocycles. The van der Waals surface area contributed by atoms with Crippen molar-refractivity contribution in [2.75, 3.05) is 20.2 Å². The molecule has 2 aliphatic rings. The summed E-state index contributed by atoms with van der Waals surface area (Å²) in [5.41, 5.74) is -1.18. The van der Waals surface area contributed by atoms with E-state index >= 15 is 0 Å². The van der Waals surface area contributed by atoms with Gasteiger partial charge in [0.25, 0.3) is 0 Å². The molecule has 2 N–H and O–H groups in total. The van der Waals surface area contributed by atoms with Gasteiger partial charge in [-0.2, -0.15) is 35.7 Å². The number of hydrogen-bond donors (Lipinski definition) is 2. The number of methoxy groups -OCH3 is 1. The molecule has 0 unspecified atom stereocenters. The van der Waals surface area contributed by atoms with Gasteiger partial charge in [-0.05, 0) is 61.4 Å². The molecule has 1 fully saturated rings. The molecule has 47 heavy (non-hydrogen) atoms. The number of nitrogens with zero attached hydrogens (tertiary/aromatic N) is 4. The van der Waals surface area contributed by atoms with Gasteiger partial charge in [0, 0.05) is 24.8 Å². The van der Waals surface area contributed by atoms with Crippen LogP contribution in [0.15, 0.2) is 51.4 Å². The maximum Gasteiger partial charge on any atom is 0.416 e. The quantitative estimate of drug-likeness (QED) is 0.358. The molecule has 17 heteroatoms. The Balaban J connectivity index is 1.61. The lowest BCUT2D eigenvalue weighted by Crippen LogP contribution is -2.70. The fourth-order valence-electron chi connectivity index (χ4n) is 6.28. The molecule has 0 radical (unpaired) electrons. The van der Waals surface area contributed by atoms with Crippen LogP contribution in [-0.2, 0) is 22.8 Å². The Morgan fingerprint density at radius 2 is 1.85 bits per heavy atom. The zero-order chi connectivity index (χ0) is 34.5. The molecular formula is C30H32F3N5O7S2. The van der Waals surface area contributed by atoms with E-state index in [1.807, 2.05) is 0 Å². The van der Waals surface area contributed by atoms with Crippen molar-refractivity contribution in [1.82, 2.24) is 9.29 Å². The van der Waals surface area contributed by atoms with Crippen molar-refractivity contribution in [2.24, 2.45) is 10.2 Å². The molecule has 252 valence electrons. The molecule has 2 aromatic carbocycles. The molecule has 12 nitrogen and oxygen atoms in total.